The van der Waals surface area contributed by atoms with Gasteiger partial charge >= 0.3 is 0 Å². The summed E-state index contributed by atoms with van der Waals surface area (Å²) < 4.78 is 14.8. The van der Waals surface area contributed by atoms with E-state index in [0.717, 1.165) is 16.7 Å². The van der Waals surface area contributed by atoms with Crippen molar-refractivity contribution >= 4 is 22.4 Å². The molecule has 0 amide bonds. The molecule has 0 spiro atoms. The van der Waals surface area contributed by atoms with Crippen molar-refractivity contribution in [2.75, 3.05) is 0 Å². The van der Waals surface area contributed by atoms with Gasteiger partial charge in [-0.05, 0) is 36.3 Å². The first-order valence-electron chi connectivity index (χ1n) is 7.35. The van der Waals surface area contributed by atoms with Crippen LogP contribution in [0, 0.1) is 12.7 Å². The number of nitrogens with zero attached hydrogens (tertiary/aromatic N) is 3. The van der Waals surface area contributed by atoms with Crippen molar-refractivity contribution in [2.24, 2.45) is 0 Å². The molecule has 0 atom stereocenters. The number of aryl methyl sites for hydroxylation is 1. The van der Waals surface area contributed by atoms with Crippen LogP contribution in [-0.4, -0.2) is 14.6 Å². The molecule has 0 aliphatic heterocycles. The standard InChI is InChI=1S/C18H12FN3OS/c1-11-4-2-3-5-14(11)16-20-18-22(21-16)17(23)15(24-18)10-12-6-8-13(19)9-7-12/h2-10H,1H3/b15-10+. The Morgan fingerprint density at radius 3 is 2.58 bits per heavy atom. The highest BCUT2D eigenvalue weighted by molar-refractivity contribution is 7.15. The lowest BCUT2D eigenvalue weighted by Gasteiger charge is -1.98. The summed E-state index contributed by atoms with van der Waals surface area (Å²) in [6, 6.07) is 13.8. The molecule has 0 radical (unpaired) electrons. The first kappa shape index (κ1) is 14.7. The molecule has 4 nitrogen and oxygen atoms in total. The second kappa shape index (κ2) is 5.65. The Kier molecular flexibility index (Phi) is 3.46. The maximum absolute atomic E-state index is 13.0. The molecule has 2 aromatic carbocycles. The first-order valence-corrected chi connectivity index (χ1v) is 8.16. The number of halogens is 1. The Morgan fingerprint density at radius 1 is 1.12 bits per heavy atom. The van der Waals surface area contributed by atoms with Gasteiger partial charge in [0.1, 0.15) is 5.82 Å². The van der Waals surface area contributed by atoms with E-state index < -0.39 is 0 Å². The molecule has 4 aromatic rings. The van der Waals surface area contributed by atoms with Gasteiger partial charge in [-0.25, -0.2) is 4.39 Å². The van der Waals surface area contributed by atoms with Gasteiger partial charge < -0.3 is 0 Å². The zero-order valence-corrected chi connectivity index (χ0v) is 13.5. The van der Waals surface area contributed by atoms with E-state index in [4.69, 9.17) is 0 Å². The largest absolute Gasteiger partial charge is 0.291 e. The maximum atomic E-state index is 13.0. The third-order valence-corrected chi connectivity index (χ3v) is 4.69. The van der Waals surface area contributed by atoms with Crippen molar-refractivity contribution in [3.63, 3.8) is 0 Å². The van der Waals surface area contributed by atoms with E-state index in [0.29, 0.717) is 15.3 Å². The third kappa shape index (κ3) is 2.51. The Bertz CT molecular complexity index is 1150. The summed E-state index contributed by atoms with van der Waals surface area (Å²) in [5, 5.41) is 4.34. The quantitative estimate of drug-likeness (QED) is 0.565. The molecule has 24 heavy (non-hydrogen) atoms. The molecule has 2 aromatic heterocycles. The van der Waals surface area contributed by atoms with Crippen LogP contribution in [0.25, 0.3) is 22.4 Å². The van der Waals surface area contributed by atoms with Crippen LogP contribution in [0.5, 0.6) is 0 Å². The van der Waals surface area contributed by atoms with E-state index in [1.807, 2.05) is 31.2 Å². The summed E-state index contributed by atoms with van der Waals surface area (Å²) >= 11 is 1.27. The van der Waals surface area contributed by atoms with Crippen LogP contribution in [0.1, 0.15) is 11.1 Å². The highest BCUT2D eigenvalue weighted by Crippen LogP contribution is 2.20. The topological polar surface area (TPSA) is 47.3 Å². The van der Waals surface area contributed by atoms with E-state index in [1.165, 1.54) is 28.0 Å². The number of aromatic nitrogens is 3. The van der Waals surface area contributed by atoms with Gasteiger partial charge in [-0.1, -0.05) is 47.7 Å². The zero-order valence-electron chi connectivity index (χ0n) is 12.7. The normalized spacial score (nSPS) is 12.2. The van der Waals surface area contributed by atoms with E-state index >= 15 is 0 Å². The molecule has 2 heterocycles. The van der Waals surface area contributed by atoms with Gasteiger partial charge in [0.05, 0.1) is 4.53 Å². The van der Waals surface area contributed by atoms with Crippen molar-refractivity contribution in [3.05, 3.63) is 80.4 Å². The second-order valence-corrected chi connectivity index (χ2v) is 6.42. The van der Waals surface area contributed by atoms with Crippen LogP contribution in [0.4, 0.5) is 4.39 Å². The molecule has 0 saturated carbocycles. The van der Waals surface area contributed by atoms with E-state index in [9.17, 15) is 9.18 Å². The van der Waals surface area contributed by atoms with Gasteiger partial charge in [-0.2, -0.15) is 9.50 Å². The molecular formula is C18H12FN3OS. The van der Waals surface area contributed by atoms with Crippen LogP contribution in [0.2, 0.25) is 0 Å². The molecular weight excluding hydrogens is 325 g/mol. The minimum atomic E-state index is -0.306. The number of hydrogen-bond donors (Lipinski definition) is 0. The van der Waals surface area contributed by atoms with Gasteiger partial charge in [-0.3, -0.25) is 4.79 Å². The third-order valence-electron chi connectivity index (χ3n) is 3.74. The fourth-order valence-electron chi connectivity index (χ4n) is 2.48. The average molecular weight is 337 g/mol. The summed E-state index contributed by atoms with van der Waals surface area (Å²) in [7, 11) is 0. The number of rotatable bonds is 2. The van der Waals surface area contributed by atoms with E-state index in [1.54, 1.807) is 18.2 Å². The van der Waals surface area contributed by atoms with Crippen LogP contribution in [0.15, 0.2) is 53.3 Å². The van der Waals surface area contributed by atoms with Gasteiger partial charge in [0, 0.05) is 5.56 Å². The molecule has 0 N–H and O–H groups in total. The maximum Gasteiger partial charge on any atom is 0.291 e. The van der Waals surface area contributed by atoms with Crippen LogP contribution in [-0.2, 0) is 0 Å². The van der Waals surface area contributed by atoms with Crippen LogP contribution in [0.3, 0.4) is 0 Å². The molecule has 0 aliphatic rings. The predicted octanol–water partition coefficient (Wildman–Crippen LogP) is 2.81. The summed E-state index contributed by atoms with van der Waals surface area (Å²) in [4.78, 5) is 17.5. The number of thiazole rings is 1. The second-order valence-electron chi connectivity index (χ2n) is 5.41. The van der Waals surface area contributed by atoms with Crippen molar-refractivity contribution in [1.29, 1.82) is 0 Å². The van der Waals surface area contributed by atoms with Crippen LogP contribution < -0.4 is 10.1 Å². The summed E-state index contributed by atoms with van der Waals surface area (Å²) in [6.45, 7) is 1.98. The minimum absolute atomic E-state index is 0.216. The Labute approximate surface area is 140 Å². The van der Waals surface area contributed by atoms with E-state index in [2.05, 4.69) is 10.1 Å². The Balaban J connectivity index is 1.83. The lowest BCUT2D eigenvalue weighted by atomic mass is 10.1. The molecule has 0 saturated heterocycles. The smallest absolute Gasteiger partial charge is 0.266 e. The van der Waals surface area contributed by atoms with Gasteiger partial charge in [-0.15, -0.1) is 5.10 Å². The molecule has 0 aliphatic carbocycles. The van der Waals surface area contributed by atoms with Crippen LogP contribution >= 0.6 is 11.3 Å². The minimum Gasteiger partial charge on any atom is -0.266 e. The Morgan fingerprint density at radius 2 is 1.88 bits per heavy atom. The predicted molar refractivity (Wildman–Crippen MR) is 92.5 cm³/mol. The highest BCUT2D eigenvalue weighted by Gasteiger charge is 2.13. The molecule has 6 heteroatoms. The summed E-state index contributed by atoms with van der Waals surface area (Å²) in [6.07, 6.45) is 1.72. The lowest BCUT2D eigenvalue weighted by Crippen LogP contribution is -2.23. The van der Waals surface area contributed by atoms with Gasteiger partial charge in [0.15, 0.2) is 5.82 Å². The highest BCUT2D eigenvalue weighted by atomic mass is 32.1. The van der Waals surface area contributed by atoms with Crippen molar-refractivity contribution in [1.82, 2.24) is 14.6 Å². The molecule has 0 unspecified atom stereocenters. The fourth-order valence-corrected chi connectivity index (χ4v) is 3.39. The lowest BCUT2D eigenvalue weighted by molar-refractivity contribution is 0.628. The zero-order chi connectivity index (χ0) is 16.7. The molecule has 118 valence electrons. The van der Waals surface area contributed by atoms with Crippen molar-refractivity contribution < 1.29 is 4.39 Å². The van der Waals surface area contributed by atoms with Crippen molar-refractivity contribution in [3.8, 4) is 11.4 Å². The summed E-state index contributed by atoms with van der Waals surface area (Å²) in [5.41, 5.74) is 2.52. The number of hydrogen-bond acceptors (Lipinski definition) is 4. The SMILES string of the molecule is Cc1ccccc1-c1nc2s/c(=C/c3ccc(F)cc3)c(=O)n2n1. The number of benzene rings is 2. The van der Waals surface area contributed by atoms with Crippen molar-refractivity contribution in [2.45, 2.75) is 6.92 Å². The Hall–Kier alpha value is -2.86. The number of fused-ring (bicyclic) bond motifs is 1. The molecule has 4 rings (SSSR count). The van der Waals surface area contributed by atoms with E-state index in [-0.39, 0.29) is 11.4 Å². The first-order chi connectivity index (χ1) is 11.6. The monoisotopic (exact) mass is 337 g/mol. The molecule has 0 bridgehead atoms. The van der Waals surface area contributed by atoms with Gasteiger partial charge in [0.2, 0.25) is 4.96 Å². The molecule has 0 fully saturated rings. The van der Waals surface area contributed by atoms with Gasteiger partial charge in [0.25, 0.3) is 5.56 Å². The average Bonchev–Trinajstić information content (AvgIpc) is 3.10. The fraction of sp³-hybridized carbons (Fsp3) is 0.0556. The summed E-state index contributed by atoms with van der Waals surface area (Å²) in [5.74, 6) is 0.241.